The van der Waals surface area contributed by atoms with Crippen LogP contribution >= 0.6 is 0 Å². The smallest absolute Gasteiger partial charge is 0.00231 e. The van der Waals surface area contributed by atoms with Crippen LogP contribution in [0.4, 0.5) is 0 Å². The van der Waals surface area contributed by atoms with E-state index in [9.17, 15) is 0 Å². The van der Waals surface area contributed by atoms with E-state index in [0.29, 0.717) is 0 Å². The van der Waals surface area contributed by atoms with Gasteiger partial charge in [0.15, 0.2) is 0 Å². The maximum absolute atomic E-state index is 4.28. The molecule has 0 N–H and O–H groups in total. The lowest BCUT2D eigenvalue weighted by Gasteiger charge is -2.11. The molecule has 0 saturated heterocycles. The average Bonchev–Trinajstić information content (AvgIpc) is 2.55. The normalized spacial score (nSPS) is 11.9. The second-order valence-electron chi connectivity index (χ2n) is 6.16. The lowest BCUT2D eigenvalue weighted by molar-refractivity contribution is 1.21. The molecular weight excluding hydrogens is 276 g/mol. The number of rotatable bonds is 5. The van der Waals surface area contributed by atoms with E-state index >= 15 is 0 Å². The number of aryl methyl sites for hydroxylation is 2. The van der Waals surface area contributed by atoms with Crippen molar-refractivity contribution in [1.29, 1.82) is 0 Å². The second-order valence-corrected chi connectivity index (χ2v) is 6.16. The molecule has 118 valence electrons. The van der Waals surface area contributed by atoms with E-state index in [1.165, 1.54) is 39.0 Å². The summed E-state index contributed by atoms with van der Waals surface area (Å²) in [5, 5.41) is 0. The molecule has 0 aliphatic rings. The number of allylic oxidation sites excluding steroid dienone is 5. The third-order valence-electron chi connectivity index (χ3n) is 4.19. The van der Waals surface area contributed by atoms with Crippen LogP contribution in [0.1, 0.15) is 41.7 Å². The summed E-state index contributed by atoms with van der Waals surface area (Å²) < 4.78 is 0. The van der Waals surface area contributed by atoms with Gasteiger partial charge in [0.1, 0.15) is 0 Å². The average molecular weight is 302 g/mol. The van der Waals surface area contributed by atoms with Crippen molar-refractivity contribution in [1.82, 2.24) is 0 Å². The van der Waals surface area contributed by atoms with Crippen LogP contribution in [-0.4, -0.2) is 0 Å². The summed E-state index contributed by atoms with van der Waals surface area (Å²) in [6, 6.07) is 15.3. The first-order valence-electron chi connectivity index (χ1n) is 8.15. The van der Waals surface area contributed by atoms with Crippen molar-refractivity contribution in [2.24, 2.45) is 0 Å². The van der Waals surface area contributed by atoms with E-state index < -0.39 is 0 Å². The lowest BCUT2D eigenvalue weighted by atomic mass is 9.94. The van der Waals surface area contributed by atoms with Gasteiger partial charge in [-0.1, -0.05) is 72.8 Å². The second kappa shape index (κ2) is 7.78. The molecule has 0 heteroatoms. The van der Waals surface area contributed by atoms with Gasteiger partial charge < -0.3 is 0 Å². The molecule has 23 heavy (non-hydrogen) atoms. The number of hydrogen-bond acceptors (Lipinski definition) is 0. The molecule has 0 atom stereocenters. The molecule has 0 unspecified atom stereocenters. The van der Waals surface area contributed by atoms with Gasteiger partial charge in [0.25, 0.3) is 0 Å². The zero-order chi connectivity index (χ0) is 16.8. The Morgan fingerprint density at radius 1 is 1.00 bits per heavy atom. The highest BCUT2D eigenvalue weighted by molar-refractivity contribution is 5.70. The zero-order valence-corrected chi connectivity index (χ0v) is 14.7. The molecule has 0 spiro atoms. The van der Waals surface area contributed by atoms with E-state index in [-0.39, 0.29) is 0 Å². The van der Waals surface area contributed by atoms with Crippen LogP contribution in [0.25, 0.3) is 11.1 Å². The summed E-state index contributed by atoms with van der Waals surface area (Å²) in [5.74, 6) is 0. The molecular formula is C23H26. The largest absolute Gasteiger partial charge is 0.0949 e. The molecule has 0 aliphatic carbocycles. The van der Waals surface area contributed by atoms with Crippen molar-refractivity contribution in [3.05, 3.63) is 95.1 Å². The fraction of sp³-hybridized carbons (Fsp3) is 0.217. The Labute approximate surface area is 140 Å². The fourth-order valence-electron chi connectivity index (χ4n) is 2.68. The van der Waals surface area contributed by atoms with Gasteiger partial charge in [-0.15, -0.1) is 0 Å². The van der Waals surface area contributed by atoms with Gasteiger partial charge in [-0.25, -0.2) is 0 Å². The summed E-state index contributed by atoms with van der Waals surface area (Å²) in [7, 11) is 0. The predicted molar refractivity (Wildman–Crippen MR) is 104 cm³/mol. The van der Waals surface area contributed by atoms with Gasteiger partial charge >= 0.3 is 0 Å². The van der Waals surface area contributed by atoms with E-state index in [0.717, 1.165) is 6.42 Å². The Balaban J connectivity index is 2.14. The molecule has 2 aromatic carbocycles. The summed E-state index contributed by atoms with van der Waals surface area (Å²) >= 11 is 0. The quantitative estimate of drug-likeness (QED) is 0.550. The molecule has 2 aromatic rings. The maximum Gasteiger partial charge on any atom is -0.00231 e. The van der Waals surface area contributed by atoms with Crippen LogP contribution in [-0.2, 0) is 6.42 Å². The van der Waals surface area contributed by atoms with Crippen molar-refractivity contribution in [2.75, 3.05) is 0 Å². The SMILES string of the molecule is C=C(Cc1ccc(C)cc1C)c1ccc(/C(C)=C/C=C\C)cc1. The zero-order valence-electron chi connectivity index (χ0n) is 14.7. The highest BCUT2D eigenvalue weighted by Crippen LogP contribution is 2.23. The first kappa shape index (κ1) is 17.0. The predicted octanol–water partition coefficient (Wildman–Crippen LogP) is 6.54. The molecule has 0 bridgehead atoms. The first-order chi connectivity index (χ1) is 11.0. The van der Waals surface area contributed by atoms with Crippen LogP contribution in [0.2, 0.25) is 0 Å². The van der Waals surface area contributed by atoms with E-state index in [1.54, 1.807) is 0 Å². The Bertz CT molecular complexity index is 740. The maximum atomic E-state index is 4.28. The van der Waals surface area contributed by atoms with Crippen molar-refractivity contribution in [2.45, 2.75) is 34.1 Å². The van der Waals surface area contributed by atoms with Crippen molar-refractivity contribution >= 4 is 11.1 Å². The number of benzene rings is 2. The molecule has 2 rings (SSSR count). The molecule has 0 aromatic heterocycles. The Morgan fingerprint density at radius 2 is 1.65 bits per heavy atom. The number of hydrogen-bond donors (Lipinski definition) is 0. The van der Waals surface area contributed by atoms with E-state index in [2.05, 4.69) is 82.0 Å². The standard InChI is InChI=1S/C23H26/c1-6-7-8-18(3)21-11-13-22(14-12-21)20(5)16-23-10-9-17(2)15-19(23)4/h6-15H,5,16H2,1-4H3/b7-6-,18-8+. The van der Waals surface area contributed by atoms with Gasteiger partial charge in [-0.05, 0) is 67.5 Å². The van der Waals surface area contributed by atoms with Gasteiger partial charge in [0.2, 0.25) is 0 Å². The van der Waals surface area contributed by atoms with Crippen LogP contribution < -0.4 is 0 Å². The van der Waals surface area contributed by atoms with Crippen LogP contribution in [0.5, 0.6) is 0 Å². The third-order valence-corrected chi connectivity index (χ3v) is 4.19. The molecule has 0 nitrogen and oxygen atoms in total. The summed E-state index contributed by atoms with van der Waals surface area (Å²) in [5.41, 5.74) is 8.92. The highest BCUT2D eigenvalue weighted by Gasteiger charge is 2.04. The minimum Gasteiger partial charge on any atom is -0.0949 e. The molecule has 0 heterocycles. The Kier molecular flexibility index (Phi) is 5.76. The summed E-state index contributed by atoms with van der Waals surface area (Å²) in [6.07, 6.45) is 7.16. The van der Waals surface area contributed by atoms with Crippen LogP contribution in [0, 0.1) is 13.8 Å². The highest BCUT2D eigenvalue weighted by atomic mass is 14.1. The Morgan fingerprint density at radius 3 is 2.26 bits per heavy atom. The van der Waals surface area contributed by atoms with Gasteiger partial charge in [-0.2, -0.15) is 0 Å². The minimum absolute atomic E-state index is 0.902. The third kappa shape index (κ3) is 4.56. The van der Waals surface area contributed by atoms with Gasteiger partial charge in [-0.3, -0.25) is 0 Å². The monoisotopic (exact) mass is 302 g/mol. The van der Waals surface area contributed by atoms with Gasteiger partial charge in [0, 0.05) is 0 Å². The summed E-state index contributed by atoms with van der Waals surface area (Å²) in [6.45, 7) is 12.8. The first-order valence-corrected chi connectivity index (χ1v) is 8.15. The fourth-order valence-corrected chi connectivity index (χ4v) is 2.68. The van der Waals surface area contributed by atoms with Crippen molar-refractivity contribution < 1.29 is 0 Å². The van der Waals surface area contributed by atoms with Gasteiger partial charge in [0.05, 0.1) is 0 Å². The van der Waals surface area contributed by atoms with Crippen LogP contribution in [0.3, 0.4) is 0 Å². The summed E-state index contributed by atoms with van der Waals surface area (Å²) in [4.78, 5) is 0. The topological polar surface area (TPSA) is 0 Å². The van der Waals surface area contributed by atoms with Crippen molar-refractivity contribution in [3.63, 3.8) is 0 Å². The molecule has 0 fully saturated rings. The molecule has 0 saturated carbocycles. The van der Waals surface area contributed by atoms with Crippen LogP contribution in [0.15, 0.2) is 67.3 Å². The molecule has 0 aliphatic heterocycles. The lowest BCUT2D eigenvalue weighted by Crippen LogP contribution is -1.94. The minimum atomic E-state index is 0.902. The van der Waals surface area contributed by atoms with E-state index in [1.807, 2.05) is 13.0 Å². The Hall–Kier alpha value is -2.34. The van der Waals surface area contributed by atoms with E-state index in [4.69, 9.17) is 0 Å². The van der Waals surface area contributed by atoms with Crippen molar-refractivity contribution in [3.8, 4) is 0 Å². The molecule has 0 amide bonds. The molecule has 0 radical (unpaired) electrons.